The number of nitrogens with zero attached hydrogens (tertiary/aromatic N) is 4. The van der Waals surface area contributed by atoms with Gasteiger partial charge in [-0.3, -0.25) is 14.7 Å². The van der Waals surface area contributed by atoms with Crippen LogP contribution >= 0.6 is 0 Å². The van der Waals surface area contributed by atoms with Gasteiger partial charge in [0.15, 0.2) is 6.61 Å². The molecule has 0 unspecified atom stereocenters. The smallest absolute Gasteiger partial charge is 0.265 e. The van der Waals surface area contributed by atoms with Crippen LogP contribution in [0.1, 0.15) is 5.69 Å². The van der Waals surface area contributed by atoms with Crippen molar-refractivity contribution in [1.82, 2.24) is 15.0 Å². The van der Waals surface area contributed by atoms with Gasteiger partial charge in [0, 0.05) is 23.6 Å². The van der Waals surface area contributed by atoms with Gasteiger partial charge in [-0.05, 0) is 54.6 Å². The minimum atomic E-state index is -0.349. The third-order valence-electron chi connectivity index (χ3n) is 4.98. The number of halogens is 1. The molecule has 0 atom stereocenters. The molecule has 0 saturated carbocycles. The minimum absolute atomic E-state index is 0.0195. The van der Waals surface area contributed by atoms with Gasteiger partial charge in [0.25, 0.3) is 5.91 Å². The molecule has 2 aromatic heterocycles. The van der Waals surface area contributed by atoms with Crippen molar-refractivity contribution >= 4 is 23.2 Å². The first kappa shape index (κ1) is 19.6. The Bertz CT molecular complexity index is 1280. The highest BCUT2D eigenvalue weighted by Crippen LogP contribution is 2.36. The van der Waals surface area contributed by atoms with Gasteiger partial charge in [-0.25, -0.2) is 14.4 Å². The molecule has 1 amide bonds. The van der Waals surface area contributed by atoms with Crippen LogP contribution in [-0.2, 0) is 11.3 Å². The number of aromatic nitrogens is 3. The van der Waals surface area contributed by atoms with E-state index in [2.05, 4.69) is 20.3 Å². The Morgan fingerprint density at radius 3 is 2.78 bits per heavy atom. The molecule has 0 aliphatic carbocycles. The number of benzene rings is 2. The van der Waals surface area contributed by atoms with Crippen LogP contribution in [0.2, 0.25) is 0 Å². The predicted octanol–water partition coefficient (Wildman–Crippen LogP) is 4.35. The summed E-state index contributed by atoms with van der Waals surface area (Å²) in [6.45, 7) is 0.323. The Hall–Kier alpha value is -4.33. The zero-order chi connectivity index (χ0) is 21.9. The molecule has 0 bridgehead atoms. The Balaban J connectivity index is 1.46. The quantitative estimate of drug-likeness (QED) is 0.510. The summed E-state index contributed by atoms with van der Waals surface area (Å²) in [4.78, 5) is 27.4. The maximum atomic E-state index is 13.5. The maximum Gasteiger partial charge on any atom is 0.265 e. The van der Waals surface area contributed by atoms with E-state index in [-0.39, 0.29) is 18.3 Å². The molecule has 32 heavy (non-hydrogen) atoms. The number of hydrogen-bond donors (Lipinski definition) is 1. The van der Waals surface area contributed by atoms with E-state index in [0.717, 1.165) is 11.3 Å². The number of pyridine rings is 1. The van der Waals surface area contributed by atoms with Gasteiger partial charge in [-0.1, -0.05) is 12.1 Å². The Kier molecular flexibility index (Phi) is 5.17. The number of amides is 1. The van der Waals surface area contributed by atoms with Crippen LogP contribution in [0.25, 0.3) is 11.3 Å². The molecule has 3 heterocycles. The summed E-state index contributed by atoms with van der Waals surface area (Å²) < 4.78 is 19.1. The summed E-state index contributed by atoms with van der Waals surface area (Å²) in [5.41, 5.74) is 3.42. The number of nitrogens with one attached hydrogen (secondary N) is 1. The van der Waals surface area contributed by atoms with Crippen LogP contribution in [-0.4, -0.2) is 27.5 Å². The van der Waals surface area contributed by atoms with Gasteiger partial charge in [0.2, 0.25) is 5.95 Å². The summed E-state index contributed by atoms with van der Waals surface area (Å²) in [5, 5.41) is 3.01. The lowest BCUT2D eigenvalue weighted by Crippen LogP contribution is -2.38. The SMILES string of the molecule is O=C1COc2ccc(-c3ccnc(Nc4cccc(F)c4)n3)cc2N1Cc1ccccn1. The van der Waals surface area contributed by atoms with Crippen molar-refractivity contribution in [2.75, 3.05) is 16.8 Å². The number of carbonyl (C=O) groups is 1. The number of carbonyl (C=O) groups excluding carboxylic acids is 1. The molecule has 0 saturated heterocycles. The van der Waals surface area contributed by atoms with Crippen molar-refractivity contribution in [3.05, 3.63) is 90.6 Å². The van der Waals surface area contributed by atoms with E-state index in [1.54, 1.807) is 35.5 Å². The molecule has 1 N–H and O–H groups in total. The summed E-state index contributed by atoms with van der Waals surface area (Å²) in [6, 6.07) is 19.0. The standard InChI is InChI=1S/C24H18FN5O2/c25-17-4-3-6-18(13-17)28-24-27-11-9-20(29-24)16-7-8-22-21(12-16)30(23(31)15-32-22)14-19-5-1-2-10-26-19/h1-13H,14-15H2,(H,27,28,29). The third-order valence-corrected chi connectivity index (χ3v) is 4.98. The van der Waals surface area contributed by atoms with Gasteiger partial charge in [0.05, 0.1) is 23.6 Å². The fourth-order valence-electron chi connectivity index (χ4n) is 3.46. The van der Waals surface area contributed by atoms with Crippen LogP contribution in [0.15, 0.2) is 79.1 Å². The zero-order valence-electron chi connectivity index (χ0n) is 16.9. The summed E-state index contributed by atoms with van der Waals surface area (Å²) in [5.74, 6) is 0.467. The third kappa shape index (κ3) is 4.11. The molecule has 0 fully saturated rings. The number of hydrogen-bond acceptors (Lipinski definition) is 6. The lowest BCUT2D eigenvalue weighted by atomic mass is 10.1. The van der Waals surface area contributed by atoms with Gasteiger partial charge in [-0.2, -0.15) is 0 Å². The molecule has 7 nitrogen and oxygen atoms in total. The molecule has 0 radical (unpaired) electrons. The normalized spacial score (nSPS) is 12.8. The first-order valence-electron chi connectivity index (χ1n) is 9.99. The second kappa shape index (κ2) is 8.43. The second-order valence-corrected chi connectivity index (χ2v) is 7.17. The van der Waals surface area contributed by atoms with Crippen molar-refractivity contribution in [3.63, 3.8) is 0 Å². The van der Waals surface area contributed by atoms with E-state index in [1.165, 1.54) is 12.1 Å². The van der Waals surface area contributed by atoms with Crippen molar-refractivity contribution in [2.24, 2.45) is 0 Å². The van der Waals surface area contributed by atoms with Crippen LogP contribution in [0.3, 0.4) is 0 Å². The Labute approximate surface area is 183 Å². The second-order valence-electron chi connectivity index (χ2n) is 7.17. The first-order valence-corrected chi connectivity index (χ1v) is 9.99. The molecule has 0 spiro atoms. The number of ether oxygens (including phenoxy) is 1. The molecule has 158 valence electrons. The number of anilines is 3. The van der Waals surface area contributed by atoms with E-state index in [9.17, 15) is 9.18 Å². The van der Waals surface area contributed by atoms with Gasteiger partial charge < -0.3 is 10.1 Å². The van der Waals surface area contributed by atoms with Gasteiger partial charge in [0.1, 0.15) is 11.6 Å². The molecule has 1 aliphatic heterocycles. The van der Waals surface area contributed by atoms with E-state index >= 15 is 0 Å². The summed E-state index contributed by atoms with van der Waals surface area (Å²) in [6.07, 6.45) is 3.32. The lowest BCUT2D eigenvalue weighted by Gasteiger charge is -2.29. The van der Waals surface area contributed by atoms with Crippen molar-refractivity contribution in [2.45, 2.75) is 6.54 Å². The van der Waals surface area contributed by atoms with E-state index in [4.69, 9.17) is 4.74 Å². The largest absolute Gasteiger partial charge is 0.482 e. The minimum Gasteiger partial charge on any atom is -0.482 e. The molecule has 1 aliphatic rings. The van der Waals surface area contributed by atoms with E-state index in [0.29, 0.717) is 35.3 Å². The van der Waals surface area contributed by atoms with E-state index in [1.807, 2.05) is 36.4 Å². The Morgan fingerprint density at radius 2 is 1.94 bits per heavy atom. The summed E-state index contributed by atoms with van der Waals surface area (Å²) in [7, 11) is 0. The van der Waals surface area contributed by atoms with Crippen molar-refractivity contribution in [1.29, 1.82) is 0 Å². The highest BCUT2D eigenvalue weighted by atomic mass is 19.1. The van der Waals surface area contributed by atoms with Gasteiger partial charge >= 0.3 is 0 Å². The molecular weight excluding hydrogens is 409 g/mol. The molecule has 5 rings (SSSR count). The summed E-state index contributed by atoms with van der Waals surface area (Å²) >= 11 is 0. The topological polar surface area (TPSA) is 80.2 Å². The predicted molar refractivity (Wildman–Crippen MR) is 118 cm³/mol. The average molecular weight is 427 g/mol. The number of rotatable bonds is 5. The molecule has 2 aromatic carbocycles. The monoisotopic (exact) mass is 427 g/mol. The van der Waals surface area contributed by atoms with Crippen LogP contribution in [0, 0.1) is 5.82 Å². The highest BCUT2D eigenvalue weighted by Gasteiger charge is 2.26. The van der Waals surface area contributed by atoms with Crippen LogP contribution in [0.4, 0.5) is 21.7 Å². The molecular formula is C24H18FN5O2. The average Bonchev–Trinajstić information content (AvgIpc) is 2.81. The van der Waals surface area contributed by atoms with Crippen LogP contribution in [0.5, 0.6) is 5.75 Å². The molecule has 8 heteroatoms. The Morgan fingerprint density at radius 1 is 1.00 bits per heavy atom. The van der Waals surface area contributed by atoms with Crippen LogP contribution < -0.4 is 15.0 Å². The van der Waals surface area contributed by atoms with Crippen molar-refractivity contribution < 1.29 is 13.9 Å². The van der Waals surface area contributed by atoms with Crippen molar-refractivity contribution in [3.8, 4) is 17.0 Å². The maximum absolute atomic E-state index is 13.5. The fraction of sp³-hybridized carbons (Fsp3) is 0.0833. The highest BCUT2D eigenvalue weighted by molar-refractivity contribution is 5.98. The zero-order valence-corrected chi connectivity index (χ0v) is 16.9. The lowest BCUT2D eigenvalue weighted by molar-refractivity contribution is -0.121. The fourth-order valence-corrected chi connectivity index (χ4v) is 3.46. The van der Waals surface area contributed by atoms with E-state index < -0.39 is 0 Å². The first-order chi connectivity index (χ1) is 15.7. The van der Waals surface area contributed by atoms with Gasteiger partial charge in [-0.15, -0.1) is 0 Å². The molecule has 4 aromatic rings. The number of fused-ring (bicyclic) bond motifs is 1.